The molecule has 0 radical (unpaired) electrons. The van der Waals surface area contributed by atoms with Crippen LogP contribution in [0.1, 0.15) is 60.8 Å². The summed E-state index contributed by atoms with van der Waals surface area (Å²) in [7, 11) is 0. The molecule has 10 nitrogen and oxygen atoms in total. The van der Waals surface area contributed by atoms with E-state index in [0.29, 0.717) is 34.5 Å². The van der Waals surface area contributed by atoms with Crippen LogP contribution in [0.15, 0.2) is 67.1 Å². The van der Waals surface area contributed by atoms with Gasteiger partial charge in [-0.25, -0.2) is 13.9 Å². The summed E-state index contributed by atoms with van der Waals surface area (Å²) in [6.07, 6.45) is 5.96. The van der Waals surface area contributed by atoms with Gasteiger partial charge in [0.05, 0.1) is 24.0 Å². The summed E-state index contributed by atoms with van der Waals surface area (Å²) < 4.78 is 29.1. The van der Waals surface area contributed by atoms with Gasteiger partial charge in [-0.3, -0.25) is 9.78 Å². The van der Waals surface area contributed by atoms with Gasteiger partial charge in [-0.1, -0.05) is 47.7 Å². The molecule has 0 spiro atoms. The van der Waals surface area contributed by atoms with Gasteiger partial charge < -0.3 is 19.7 Å². The Hall–Kier alpha value is -4.80. The van der Waals surface area contributed by atoms with Gasteiger partial charge in [0, 0.05) is 30.4 Å². The molecular weight excluding hydrogens is 563 g/mol. The summed E-state index contributed by atoms with van der Waals surface area (Å²) in [6, 6.07) is 14.5. The average molecular weight is 601 g/mol. The van der Waals surface area contributed by atoms with Crippen LogP contribution in [0, 0.1) is 12.7 Å². The summed E-state index contributed by atoms with van der Waals surface area (Å²) in [6.45, 7) is 8.70. The highest BCUT2D eigenvalue weighted by atomic mass is 19.1. The monoisotopic (exact) mass is 600 g/mol. The van der Waals surface area contributed by atoms with E-state index in [0.717, 1.165) is 18.4 Å². The number of rotatable bonds is 9. The number of amides is 2. The largest absolute Gasteiger partial charge is 0.489 e. The smallest absolute Gasteiger partial charge is 0.410 e. The highest BCUT2D eigenvalue weighted by Crippen LogP contribution is 2.34. The lowest BCUT2D eigenvalue weighted by Gasteiger charge is -2.24. The Labute approximate surface area is 256 Å². The van der Waals surface area contributed by atoms with Crippen LogP contribution in [-0.2, 0) is 23.4 Å². The molecule has 230 valence electrons. The lowest BCUT2D eigenvalue weighted by Crippen LogP contribution is -2.39. The van der Waals surface area contributed by atoms with Crippen LogP contribution < -0.4 is 10.1 Å². The van der Waals surface area contributed by atoms with Crippen LogP contribution in [-0.4, -0.2) is 56.1 Å². The highest BCUT2D eigenvalue weighted by molar-refractivity contribution is 5.91. The first-order valence-electron chi connectivity index (χ1n) is 14.7. The number of carbonyl (C=O) groups is 2. The van der Waals surface area contributed by atoms with Crippen LogP contribution in [0.3, 0.4) is 0 Å². The zero-order valence-electron chi connectivity index (χ0n) is 25.4. The summed E-state index contributed by atoms with van der Waals surface area (Å²) in [5.41, 5.74) is 2.76. The molecule has 1 atom stereocenters. The van der Waals surface area contributed by atoms with E-state index >= 15 is 4.39 Å². The van der Waals surface area contributed by atoms with Crippen LogP contribution in [0.2, 0.25) is 0 Å². The van der Waals surface area contributed by atoms with Gasteiger partial charge >= 0.3 is 6.09 Å². The van der Waals surface area contributed by atoms with Crippen molar-refractivity contribution in [3.63, 3.8) is 0 Å². The molecule has 44 heavy (non-hydrogen) atoms. The zero-order chi connectivity index (χ0) is 31.3. The Balaban J connectivity index is 1.23. The molecule has 0 saturated carbocycles. The maximum atomic E-state index is 15.8. The molecule has 1 N–H and O–H groups in total. The minimum atomic E-state index is -0.418. The molecule has 2 aromatic heterocycles. The third kappa shape index (κ3) is 7.04. The fourth-order valence-electron chi connectivity index (χ4n) is 5.04. The van der Waals surface area contributed by atoms with Gasteiger partial charge in [-0.2, -0.15) is 0 Å². The molecule has 1 aliphatic rings. The molecule has 3 heterocycles. The van der Waals surface area contributed by atoms with Gasteiger partial charge in [0.2, 0.25) is 0 Å². The molecule has 1 unspecified atom stereocenters. The number of pyridine rings is 1. The second-order valence-electron chi connectivity index (χ2n) is 11.8. The number of benzene rings is 2. The van der Waals surface area contributed by atoms with Crippen LogP contribution in [0.25, 0.3) is 11.1 Å². The Morgan fingerprint density at radius 3 is 2.64 bits per heavy atom. The van der Waals surface area contributed by atoms with Gasteiger partial charge in [0.1, 0.15) is 24.8 Å². The molecule has 1 aliphatic heterocycles. The standard InChI is InChI=1S/C33H37FN6O4/c1-22-24(17-36-31(41)28-19-40(38-37-28)33(2,3)4)12-13-27(30(22)34)26-14-15-35-18-29(26)43-21-25-11-8-16-39(25)32(42)44-20-23-9-6-5-7-10-23/h5-7,9-10,12-15,18-19,25H,8,11,16-17,20-21H2,1-4H3,(H,36,41). The van der Waals surface area contributed by atoms with Gasteiger partial charge in [-0.05, 0) is 63.3 Å². The number of carbonyl (C=O) groups excluding carboxylic acids is 2. The van der Waals surface area contributed by atoms with E-state index in [-0.39, 0.29) is 49.0 Å². The van der Waals surface area contributed by atoms with E-state index < -0.39 is 5.82 Å². The topological polar surface area (TPSA) is 111 Å². The van der Waals surface area contributed by atoms with Crippen molar-refractivity contribution in [3.05, 3.63) is 95.3 Å². The fourth-order valence-corrected chi connectivity index (χ4v) is 5.04. The van der Waals surface area contributed by atoms with Gasteiger partial charge in [0.15, 0.2) is 5.69 Å². The minimum absolute atomic E-state index is 0.127. The van der Waals surface area contributed by atoms with Crippen molar-refractivity contribution < 1.29 is 23.5 Å². The third-order valence-electron chi connectivity index (χ3n) is 7.67. The molecular formula is C33H37FN6O4. The lowest BCUT2D eigenvalue weighted by atomic mass is 9.98. The number of nitrogens with zero attached hydrogens (tertiary/aromatic N) is 5. The Bertz CT molecular complexity index is 1620. The quantitative estimate of drug-likeness (QED) is 0.264. The molecule has 4 aromatic rings. The normalized spacial score (nSPS) is 14.8. The predicted molar refractivity (Wildman–Crippen MR) is 162 cm³/mol. The van der Waals surface area contributed by atoms with Gasteiger partial charge in [-0.15, -0.1) is 5.10 Å². The maximum absolute atomic E-state index is 15.8. The van der Waals surface area contributed by atoms with Crippen molar-refractivity contribution in [2.75, 3.05) is 13.2 Å². The van der Waals surface area contributed by atoms with E-state index in [2.05, 4.69) is 20.6 Å². The van der Waals surface area contributed by atoms with Crippen LogP contribution >= 0.6 is 0 Å². The minimum Gasteiger partial charge on any atom is -0.489 e. The van der Waals surface area contributed by atoms with E-state index in [9.17, 15) is 9.59 Å². The van der Waals surface area contributed by atoms with Crippen molar-refractivity contribution in [2.24, 2.45) is 0 Å². The van der Waals surface area contributed by atoms with Crippen molar-refractivity contribution in [1.29, 1.82) is 0 Å². The van der Waals surface area contributed by atoms with E-state index in [1.54, 1.807) is 53.3 Å². The van der Waals surface area contributed by atoms with Crippen molar-refractivity contribution >= 4 is 12.0 Å². The predicted octanol–water partition coefficient (Wildman–Crippen LogP) is 5.65. The highest BCUT2D eigenvalue weighted by Gasteiger charge is 2.31. The number of hydrogen-bond donors (Lipinski definition) is 1. The van der Waals surface area contributed by atoms with Crippen molar-refractivity contribution in [2.45, 2.75) is 65.3 Å². The Kier molecular flexibility index (Phi) is 9.22. The molecule has 1 saturated heterocycles. The number of halogens is 1. The SMILES string of the molecule is Cc1c(CNC(=O)c2cn(C(C)(C)C)nn2)ccc(-c2ccncc2OCC2CCCN2C(=O)OCc2ccccc2)c1F. The zero-order valence-corrected chi connectivity index (χ0v) is 25.4. The molecule has 11 heteroatoms. The second-order valence-corrected chi connectivity index (χ2v) is 11.8. The molecule has 5 rings (SSSR count). The van der Waals surface area contributed by atoms with Crippen LogP contribution in [0.5, 0.6) is 5.75 Å². The van der Waals surface area contributed by atoms with Gasteiger partial charge in [0.25, 0.3) is 5.91 Å². The third-order valence-corrected chi connectivity index (χ3v) is 7.67. The number of nitrogens with one attached hydrogen (secondary N) is 1. The Morgan fingerprint density at radius 2 is 1.89 bits per heavy atom. The first kappa shape index (κ1) is 30.7. The summed E-state index contributed by atoms with van der Waals surface area (Å²) in [5.74, 6) is -0.393. The summed E-state index contributed by atoms with van der Waals surface area (Å²) in [4.78, 5) is 31.3. The number of aromatic nitrogens is 4. The first-order chi connectivity index (χ1) is 21.1. The number of likely N-dealkylation sites (tertiary alicyclic amines) is 1. The van der Waals surface area contributed by atoms with Crippen molar-refractivity contribution in [1.82, 2.24) is 30.2 Å². The van der Waals surface area contributed by atoms with E-state index in [1.807, 2.05) is 51.1 Å². The maximum Gasteiger partial charge on any atom is 0.410 e. The molecule has 1 fully saturated rings. The molecule has 2 aromatic carbocycles. The van der Waals surface area contributed by atoms with Crippen molar-refractivity contribution in [3.8, 4) is 16.9 Å². The molecule has 2 amide bonds. The summed E-state index contributed by atoms with van der Waals surface area (Å²) in [5, 5.41) is 10.8. The lowest BCUT2D eigenvalue weighted by molar-refractivity contribution is 0.0824. The number of ether oxygens (including phenoxy) is 2. The Morgan fingerprint density at radius 1 is 1.09 bits per heavy atom. The summed E-state index contributed by atoms with van der Waals surface area (Å²) >= 11 is 0. The molecule has 0 bridgehead atoms. The number of hydrogen-bond acceptors (Lipinski definition) is 7. The molecule has 0 aliphatic carbocycles. The van der Waals surface area contributed by atoms with Crippen LogP contribution in [0.4, 0.5) is 9.18 Å². The second kappa shape index (κ2) is 13.2. The van der Waals surface area contributed by atoms with E-state index in [1.165, 1.54) is 0 Å². The first-order valence-corrected chi connectivity index (χ1v) is 14.7. The fraction of sp³-hybridized carbons (Fsp3) is 0.364. The van der Waals surface area contributed by atoms with E-state index in [4.69, 9.17) is 9.47 Å². The average Bonchev–Trinajstić information content (AvgIpc) is 3.71.